The van der Waals surface area contributed by atoms with Crippen LogP contribution in [0.5, 0.6) is 0 Å². The lowest BCUT2D eigenvalue weighted by atomic mass is 10.1. The summed E-state index contributed by atoms with van der Waals surface area (Å²) >= 11 is 0. The molecule has 2 rings (SSSR count). The van der Waals surface area contributed by atoms with Crippen molar-refractivity contribution in [1.82, 2.24) is 4.31 Å². The molecule has 1 aromatic carbocycles. The summed E-state index contributed by atoms with van der Waals surface area (Å²) in [4.78, 5) is 0. The molecule has 7 heteroatoms. The van der Waals surface area contributed by atoms with Crippen LogP contribution in [0.4, 0.5) is 0 Å². The standard InChI is InChI=1S/C13H19NO4S2/c1-2-9-20(17,18)14-8-10-19(15,16)13(11-14)12-6-4-3-5-7-12/h3-7,13H,2,8-11H2,1H3. The molecule has 1 fully saturated rings. The number of hydrogen-bond acceptors (Lipinski definition) is 4. The van der Waals surface area contributed by atoms with Gasteiger partial charge in [0, 0.05) is 13.1 Å². The first-order chi connectivity index (χ1) is 9.37. The lowest BCUT2D eigenvalue weighted by molar-refractivity contribution is 0.404. The first-order valence-electron chi connectivity index (χ1n) is 6.61. The number of sulfonamides is 1. The van der Waals surface area contributed by atoms with Crippen LogP contribution in [0.15, 0.2) is 30.3 Å². The molecule has 112 valence electrons. The van der Waals surface area contributed by atoms with Crippen LogP contribution >= 0.6 is 0 Å². The molecule has 0 amide bonds. The van der Waals surface area contributed by atoms with Gasteiger partial charge in [0.1, 0.15) is 5.25 Å². The Hall–Kier alpha value is -0.920. The average Bonchev–Trinajstić information content (AvgIpc) is 2.39. The zero-order chi connectivity index (χ0) is 14.8. The lowest BCUT2D eigenvalue weighted by Gasteiger charge is -2.32. The van der Waals surface area contributed by atoms with Gasteiger partial charge < -0.3 is 0 Å². The predicted octanol–water partition coefficient (Wildman–Crippen LogP) is 1.20. The van der Waals surface area contributed by atoms with Crippen LogP contribution < -0.4 is 0 Å². The van der Waals surface area contributed by atoms with Gasteiger partial charge in [0.2, 0.25) is 10.0 Å². The molecular weight excluding hydrogens is 298 g/mol. The molecule has 1 aromatic rings. The second-order valence-electron chi connectivity index (χ2n) is 4.94. The third kappa shape index (κ3) is 3.21. The number of sulfone groups is 1. The van der Waals surface area contributed by atoms with Crippen molar-refractivity contribution < 1.29 is 16.8 Å². The number of nitrogens with zero attached hydrogens (tertiary/aromatic N) is 1. The fourth-order valence-electron chi connectivity index (χ4n) is 2.38. The molecule has 0 saturated carbocycles. The van der Waals surface area contributed by atoms with Gasteiger partial charge in [-0.05, 0) is 12.0 Å². The van der Waals surface area contributed by atoms with Crippen LogP contribution in [0.1, 0.15) is 24.2 Å². The Morgan fingerprint density at radius 3 is 2.50 bits per heavy atom. The number of benzene rings is 1. The highest BCUT2D eigenvalue weighted by molar-refractivity contribution is 7.92. The van der Waals surface area contributed by atoms with Crippen molar-refractivity contribution in [2.45, 2.75) is 18.6 Å². The molecule has 0 N–H and O–H groups in total. The van der Waals surface area contributed by atoms with Gasteiger partial charge in [0.25, 0.3) is 0 Å². The van der Waals surface area contributed by atoms with Crippen LogP contribution in [0.3, 0.4) is 0 Å². The summed E-state index contributed by atoms with van der Waals surface area (Å²) in [5.41, 5.74) is 0.656. The van der Waals surface area contributed by atoms with Gasteiger partial charge >= 0.3 is 0 Å². The van der Waals surface area contributed by atoms with Crippen LogP contribution in [-0.4, -0.2) is 45.7 Å². The molecule has 0 aliphatic carbocycles. The summed E-state index contributed by atoms with van der Waals surface area (Å²) in [5, 5.41) is -0.760. The molecule has 1 aliphatic rings. The molecule has 0 aromatic heterocycles. The molecule has 1 unspecified atom stereocenters. The van der Waals surface area contributed by atoms with E-state index in [0.29, 0.717) is 12.0 Å². The highest BCUT2D eigenvalue weighted by Gasteiger charge is 2.38. The van der Waals surface area contributed by atoms with E-state index in [4.69, 9.17) is 0 Å². The van der Waals surface area contributed by atoms with Gasteiger partial charge in [-0.2, -0.15) is 4.31 Å². The van der Waals surface area contributed by atoms with E-state index >= 15 is 0 Å². The summed E-state index contributed by atoms with van der Waals surface area (Å²) in [6.07, 6.45) is 0.529. The van der Waals surface area contributed by atoms with Gasteiger partial charge in [0.15, 0.2) is 9.84 Å². The molecule has 0 radical (unpaired) electrons. The largest absolute Gasteiger partial charge is 0.228 e. The van der Waals surface area contributed by atoms with Crippen LogP contribution in [0, 0.1) is 0 Å². The minimum absolute atomic E-state index is 0.0225. The molecule has 20 heavy (non-hydrogen) atoms. The molecular formula is C13H19NO4S2. The van der Waals surface area contributed by atoms with E-state index < -0.39 is 25.1 Å². The maximum Gasteiger partial charge on any atom is 0.214 e. The fourth-order valence-corrected chi connectivity index (χ4v) is 5.85. The first-order valence-corrected chi connectivity index (χ1v) is 9.93. The predicted molar refractivity (Wildman–Crippen MR) is 78.6 cm³/mol. The second-order valence-corrected chi connectivity index (χ2v) is 9.33. The van der Waals surface area contributed by atoms with E-state index in [9.17, 15) is 16.8 Å². The van der Waals surface area contributed by atoms with Crippen molar-refractivity contribution in [3.8, 4) is 0 Å². The Bertz CT molecular complexity index is 653. The molecule has 1 aliphatic heterocycles. The Balaban J connectivity index is 2.30. The maximum absolute atomic E-state index is 12.2. The van der Waals surface area contributed by atoms with Gasteiger partial charge in [-0.3, -0.25) is 0 Å². The van der Waals surface area contributed by atoms with E-state index in [1.807, 2.05) is 6.07 Å². The topological polar surface area (TPSA) is 71.5 Å². The van der Waals surface area contributed by atoms with Gasteiger partial charge in [-0.15, -0.1) is 0 Å². The number of rotatable bonds is 4. The van der Waals surface area contributed by atoms with E-state index in [0.717, 1.165) is 0 Å². The number of hydrogen-bond donors (Lipinski definition) is 0. The summed E-state index contributed by atoms with van der Waals surface area (Å²) in [6.45, 7) is 1.88. The highest BCUT2D eigenvalue weighted by Crippen LogP contribution is 2.29. The van der Waals surface area contributed by atoms with Crippen molar-refractivity contribution in [3.63, 3.8) is 0 Å². The third-order valence-corrected chi connectivity index (χ3v) is 7.54. The van der Waals surface area contributed by atoms with Crippen LogP contribution in [0.25, 0.3) is 0 Å². The zero-order valence-electron chi connectivity index (χ0n) is 11.4. The average molecular weight is 317 g/mol. The van der Waals surface area contributed by atoms with Crippen molar-refractivity contribution in [3.05, 3.63) is 35.9 Å². The van der Waals surface area contributed by atoms with Crippen molar-refractivity contribution in [2.75, 3.05) is 24.6 Å². The second kappa shape index (κ2) is 5.83. The summed E-state index contributed by atoms with van der Waals surface area (Å²) < 4.78 is 49.9. The van der Waals surface area contributed by atoms with Crippen molar-refractivity contribution in [2.24, 2.45) is 0 Å². The normalized spacial score (nSPS) is 23.6. The van der Waals surface area contributed by atoms with Gasteiger partial charge in [-0.1, -0.05) is 37.3 Å². The third-order valence-electron chi connectivity index (χ3n) is 3.45. The Morgan fingerprint density at radius 2 is 1.90 bits per heavy atom. The SMILES string of the molecule is CCCS(=O)(=O)N1CCS(=O)(=O)C(c2ccccc2)C1. The van der Waals surface area contributed by atoms with E-state index in [1.165, 1.54) is 4.31 Å². The van der Waals surface area contributed by atoms with E-state index in [1.54, 1.807) is 31.2 Å². The molecule has 5 nitrogen and oxygen atoms in total. The molecule has 1 heterocycles. The van der Waals surface area contributed by atoms with Crippen LogP contribution in [0.2, 0.25) is 0 Å². The van der Waals surface area contributed by atoms with Gasteiger partial charge in [-0.25, -0.2) is 16.8 Å². The monoisotopic (exact) mass is 317 g/mol. The van der Waals surface area contributed by atoms with Crippen molar-refractivity contribution in [1.29, 1.82) is 0 Å². The lowest BCUT2D eigenvalue weighted by Crippen LogP contribution is -2.46. The molecule has 0 spiro atoms. The maximum atomic E-state index is 12.2. The smallest absolute Gasteiger partial charge is 0.214 e. The zero-order valence-corrected chi connectivity index (χ0v) is 13.0. The minimum Gasteiger partial charge on any atom is -0.228 e. The Labute approximate surface area is 120 Å². The molecule has 1 saturated heterocycles. The van der Waals surface area contributed by atoms with E-state index in [2.05, 4.69) is 0 Å². The fraction of sp³-hybridized carbons (Fsp3) is 0.538. The summed E-state index contributed by atoms with van der Waals surface area (Å²) in [5.74, 6) is -0.0515. The summed E-state index contributed by atoms with van der Waals surface area (Å²) in [7, 11) is -6.65. The van der Waals surface area contributed by atoms with Gasteiger partial charge in [0.05, 0.1) is 11.5 Å². The molecule has 0 bridgehead atoms. The van der Waals surface area contributed by atoms with Crippen LogP contribution in [-0.2, 0) is 19.9 Å². The highest BCUT2D eigenvalue weighted by atomic mass is 32.2. The Kier molecular flexibility index (Phi) is 4.51. The Morgan fingerprint density at radius 1 is 1.25 bits per heavy atom. The quantitative estimate of drug-likeness (QED) is 0.836. The van der Waals surface area contributed by atoms with E-state index in [-0.39, 0.29) is 24.6 Å². The van der Waals surface area contributed by atoms with Crippen molar-refractivity contribution >= 4 is 19.9 Å². The minimum atomic E-state index is -3.36. The first kappa shape index (κ1) is 15.5. The summed E-state index contributed by atoms with van der Waals surface area (Å²) in [6, 6.07) is 8.82. The molecule has 1 atom stereocenters.